The molecule has 1 aliphatic rings. The first-order chi connectivity index (χ1) is 8.61. The quantitative estimate of drug-likeness (QED) is 0.908. The van der Waals surface area contributed by atoms with Gasteiger partial charge in [-0.15, -0.1) is 12.4 Å². The Balaban J connectivity index is 0.00000180. The summed E-state index contributed by atoms with van der Waals surface area (Å²) in [5.74, 6) is -0.465. The van der Waals surface area contributed by atoms with Crippen LogP contribution in [0, 0.1) is 12.7 Å². The molecule has 2 rings (SSSR count). The molecule has 0 aliphatic carbocycles. The summed E-state index contributed by atoms with van der Waals surface area (Å²) < 4.78 is 13.3. The number of hydrogen-bond acceptors (Lipinski definition) is 2. The van der Waals surface area contributed by atoms with Crippen LogP contribution in [0.15, 0.2) is 18.2 Å². The maximum atomic E-state index is 13.3. The first-order valence-corrected chi connectivity index (χ1v) is 6.40. The minimum atomic E-state index is -0.361. The van der Waals surface area contributed by atoms with Crippen LogP contribution in [-0.2, 0) is 0 Å². The number of halogens is 2. The Bertz CT molecular complexity index is 433. The monoisotopic (exact) mass is 286 g/mol. The number of carbonyl (C=O) groups excluding carboxylic acids is 1. The summed E-state index contributed by atoms with van der Waals surface area (Å²) in [7, 11) is 0. The van der Waals surface area contributed by atoms with Crippen molar-refractivity contribution >= 4 is 18.3 Å². The number of piperidine rings is 1. The maximum absolute atomic E-state index is 13.3. The molecule has 106 valence electrons. The molecule has 0 saturated carbocycles. The highest BCUT2D eigenvalue weighted by Gasteiger charge is 2.26. The van der Waals surface area contributed by atoms with Gasteiger partial charge in [-0.25, -0.2) is 4.39 Å². The largest absolute Gasteiger partial charge is 0.334 e. The van der Waals surface area contributed by atoms with E-state index in [9.17, 15) is 9.18 Å². The van der Waals surface area contributed by atoms with Crippen LogP contribution < -0.4 is 5.73 Å². The molecular formula is C14H20ClFN2O. The van der Waals surface area contributed by atoms with Gasteiger partial charge >= 0.3 is 0 Å². The van der Waals surface area contributed by atoms with E-state index in [1.54, 1.807) is 17.9 Å². The topological polar surface area (TPSA) is 46.3 Å². The van der Waals surface area contributed by atoms with Gasteiger partial charge in [0.05, 0.1) is 0 Å². The van der Waals surface area contributed by atoms with Crippen molar-refractivity contribution in [2.24, 2.45) is 5.73 Å². The molecule has 1 atom stereocenters. The van der Waals surface area contributed by atoms with Gasteiger partial charge in [-0.2, -0.15) is 0 Å². The molecule has 19 heavy (non-hydrogen) atoms. The zero-order chi connectivity index (χ0) is 13.1. The van der Waals surface area contributed by atoms with Crippen molar-refractivity contribution in [3.63, 3.8) is 0 Å². The highest BCUT2D eigenvalue weighted by molar-refractivity contribution is 5.94. The average molecular weight is 287 g/mol. The van der Waals surface area contributed by atoms with Crippen LogP contribution in [0.3, 0.4) is 0 Å². The number of carbonyl (C=O) groups is 1. The summed E-state index contributed by atoms with van der Waals surface area (Å²) in [6.07, 6.45) is 3.04. The number of nitrogens with zero attached hydrogens (tertiary/aromatic N) is 1. The van der Waals surface area contributed by atoms with Crippen molar-refractivity contribution in [2.75, 3.05) is 13.1 Å². The lowest BCUT2D eigenvalue weighted by molar-refractivity contribution is 0.0623. The molecule has 3 nitrogen and oxygen atoms in total. The van der Waals surface area contributed by atoms with E-state index in [0.717, 1.165) is 31.4 Å². The zero-order valence-corrected chi connectivity index (χ0v) is 11.9. The van der Waals surface area contributed by atoms with Gasteiger partial charge in [0.1, 0.15) is 5.82 Å². The molecule has 1 aromatic carbocycles. The van der Waals surface area contributed by atoms with Crippen molar-refractivity contribution in [1.29, 1.82) is 0 Å². The van der Waals surface area contributed by atoms with Gasteiger partial charge in [0.15, 0.2) is 0 Å². The van der Waals surface area contributed by atoms with Gasteiger partial charge in [-0.3, -0.25) is 4.79 Å². The lowest BCUT2D eigenvalue weighted by atomic mass is 10.0. The number of aryl methyl sites for hydroxylation is 1. The predicted molar refractivity (Wildman–Crippen MR) is 76.1 cm³/mol. The van der Waals surface area contributed by atoms with E-state index in [1.165, 1.54) is 12.1 Å². The fourth-order valence-electron chi connectivity index (χ4n) is 2.54. The molecular weight excluding hydrogens is 267 g/mol. The lowest BCUT2D eigenvalue weighted by Crippen LogP contribution is -2.47. The fourth-order valence-corrected chi connectivity index (χ4v) is 2.54. The Kier molecular flexibility index (Phi) is 5.76. The minimum absolute atomic E-state index is 0. The number of rotatable bonds is 2. The number of hydrogen-bond donors (Lipinski definition) is 1. The third-order valence-corrected chi connectivity index (χ3v) is 3.45. The summed E-state index contributed by atoms with van der Waals surface area (Å²) in [5.41, 5.74) is 6.89. The van der Waals surface area contributed by atoms with Crippen LogP contribution in [-0.4, -0.2) is 29.9 Å². The van der Waals surface area contributed by atoms with Gasteiger partial charge in [0, 0.05) is 24.7 Å². The van der Waals surface area contributed by atoms with Crippen LogP contribution in [0.1, 0.15) is 35.2 Å². The molecule has 1 heterocycles. The first kappa shape index (κ1) is 15.9. The predicted octanol–water partition coefficient (Wildman–Crippen LogP) is 2.51. The highest BCUT2D eigenvalue weighted by atomic mass is 35.5. The Morgan fingerprint density at radius 2 is 2.16 bits per heavy atom. The molecule has 1 amide bonds. The van der Waals surface area contributed by atoms with E-state index >= 15 is 0 Å². The van der Waals surface area contributed by atoms with Crippen LogP contribution >= 0.6 is 12.4 Å². The third kappa shape index (κ3) is 3.67. The van der Waals surface area contributed by atoms with Crippen molar-refractivity contribution < 1.29 is 9.18 Å². The summed E-state index contributed by atoms with van der Waals surface area (Å²) in [6.45, 7) is 2.98. The highest BCUT2D eigenvalue weighted by Crippen LogP contribution is 2.20. The molecule has 1 unspecified atom stereocenters. The molecule has 1 saturated heterocycles. The molecule has 0 bridgehead atoms. The number of likely N-dealkylation sites (tertiary alicyclic amines) is 1. The molecule has 1 aliphatic heterocycles. The lowest BCUT2D eigenvalue weighted by Gasteiger charge is -2.35. The Labute approximate surface area is 119 Å². The first-order valence-electron chi connectivity index (χ1n) is 6.40. The standard InChI is InChI=1S/C14H19FN2O.ClH/c1-10-6-11(8-12(15)7-10)14(18)17-5-3-2-4-13(17)9-16;/h6-8,13H,2-5,9,16H2,1H3;1H. The van der Waals surface area contributed by atoms with E-state index < -0.39 is 0 Å². The zero-order valence-electron chi connectivity index (χ0n) is 11.1. The minimum Gasteiger partial charge on any atom is -0.334 e. The molecule has 0 radical (unpaired) electrons. The second kappa shape index (κ2) is 6.87. The van der Waals surface area contributed by atoms with Gasteiger partial charge in [0.2, 0.25) is 0 Å². The fraction of sp³-hybridized carbons (Fsp3) is 0.500. The van der Waals surface area contributed by atoms with Gasteiger partial charge < -0.3 is 10.6 Å². The van der Waals surface area contributed by atoms with Gasteiger partial charge in [-0.1, -0.05) is 0 Å². The second-order valence-corrected chi connectivity index (χ2v) is 4.90. The third-order valence-electron chi connectivity index (χ3n) is 3.45. The van der Waals surface area contributed by atoms with Crippen molar-refractivity contribution in [3.8, 4) is 0 Å². The smallest absolute Gasteiger partial charge is 0.254 e. The van der Waals surface area contributed by atoms with Gasteiger partial charge in [-0.05, 0) is 49.9 Å². The van der Waals surface area contributed by atoms with Crippen LogP contribution in [0.4, 0.5) is 4.39 Å². The van der Waals surface area contributed by atoms with E-state index in [0.29, 0.717) is 12.1 Å². The molecule has 1 fully saturated rings. The Morgan fingerprint density at radius 3 is 2.79 bits per heavy atom. The van der Waals surface area contributed by atoms with E-state index in [1.807, 2.05) is 0 Å². The van der Waals surface area contributed by atoms with Crippen LogP contribution in [0.2, 0.25) is 0 Å². The van der Waals surface area contributed by atoms with Crippen LogP contribution in [0.25, 0.3) is 0 Å². The van der Waals surface area contributed by atoms with Crippen molar-refractivity contribution in [2.45, 2.75) is 32.2 Å². The van der Waals surface area contributed by atoms with Crippen LogP contribution in [0.5, 0.6) is 0 Å². The summed E-state index contributed by atoms with van der Waals surface area (Å²) in [6, 6.07) is 4.55. The van der Waals surface area contributed by atoms with E-state index in [-0.39, 0.29) is 30.2 Å². The molecule has 0 spiro atoms. The Morgan fingerprint density at radius 1 is 1.42 bits per heavy atom. The van der Waals surface area contributed by atoms with Gasteiger partial charge in [0.25, 0.3) is 5.91 Å². The number of amides is 1. The summed E-state index contributed by atoms with van der Waals surface area (Å²) in [4.78, 5) is 14.2. The average Bonchev–Trinajstić information content (AvgIpc) is 2.36. The summed E-state index contributed by atoms with van der Waals surface area (Å²) >= 11 is 0. The molecule has 5 heteroatoms. The van der Waals surface area contributed by atoms with E-state index in [4.69, 9.17) is 5.73 Å². The molecule has 2 N–H and O–H groups in total. The molecule has 1 aromatic rings. The van der Waals surface area contributed by atoms with E-state index in [2.05, 4.69) is 0 Å². The summed E-state index contributed by atoms with van der Waals surface area (Å²) in [5, 5.41) is 0. The number of nitrogens with two attached hydrogens (primary N) is 1. The Hall–Kier alpha value is -1.13. The number of benzene rings is 1. The second-order valence-electron chi connectivity index (χ2n) is 4.90. The van der Waals surface area contributed by atoms with Crippen molar-refractivity contribution in [1.82, 2.24) is 4.90 Å². The maximum Gasteiger partial charge on any atom is 0.254 e. The normalized spacial score (nSPS) is 18.9. The SMILES string of the molecule is Cc1cc(F)cc(C(=O)N2CCCCC2CN)c1.Cl. The molecule has 0 aromatic heterocycles. The van der Waals surface area contributed by atoms with Crippen molar-refractivity contribution in [3.05, 3.63) is 35.1 Å².